The summed E-state index contributed by atoms with van der Waals surface area (Å²) in [5.74, 6) is -1.01. The lowest BCUT2D eigenvalue weighted by molar-refractivity contribution is -0.0507. The highest BCUT2D eigenvalue weighted by Crippen LogP contribution is 2.19. The van der Waals surface area contributed by atoms with E-state index in [2.05, 4.69) is 10.6 Å². The number of amides is 1. The van der Waals surface area contributed by atoms with Crippen molar-refractivity contribution >= 4 is 23.4 Å². The Morgan fingerprint density at radius 1 is 1.15 bits per heavy atom. The summed E-state index contributed by atoms with van der Waals surface area (Å²) in [4.78, 5) is 22.4. The molecule has 0 bridgehead atoms. The molecule has 5 N–H and O–H groups in total. The fraction of sp³-hybridized carbons (Fsp3) is 0.556. The van der Waals surface area contributed by atoms with Crippen LogP contribution in [-0.2, 0) is 14.2 Å². The summed E-state index contributed by atoms with van der Waals surface area (Å²) in [5, 5.41) is 14.6. The highest BCUT2D eigenvalue weighted by molar-refractivity contribution is 5.90. The fourth-order valence-electron chi connectivity index (χ4n) is 1.96. The van der Waals surface area contributed by atoms with Gasteiger partial charge in [-0.1, -0.05) is 0 Å². The number of carbonyl (C=O) groups is 2. The molecule has 0 aliphatic heterocycles. The van der Waals surface area contributed by atoms with Crippen molar-refractivity contribution in [1.29, 1.82) is 0 Å². The molecule has 9 nitrogen and oxygen atoms in total. The Hall–Kier alpha value is -2.52. The number of aromatic carboxylic acids is 1. The molecule has 27 heavy (non-hydrogen) atoms. The Bertz CT molecular complexity index is 616. The number of anilines is 2. The Kier molecular flexibility index (Phi) is 9.38. The van der Waals surface area contributed by atoms with Gasteiger partial charge < -0.3 is 35.7 Å². The molecule has 0 spiro atoms. The molecule has 0 saturated carbocycles. The van der Waals surface area contributed by atoms with Crippen LogP contribution in [0.1, 0.15) is 37.6 Å². The molecule has 0 heterocycles. The van der Waals surface area contributed by atoms with Crippen LogP contribution in [0.4, 0.5) is 16.2 Å². The van der Waals surface area contributed by atoms with Crippen LogP contribution in [0, 0.1) is 0 Å². The maximum atomic E-state index is 11.4. The Balaban J connectivity index is 2.04. The topological polar surface area (TPSA) is 132 Å². The van der Waals surface area contributed by atoms with Crippen LogP contribution >= 0.6 is 0 Å². The molecular formula is C18H29N3O6. The van der Waals surface area contributed by atoms with E-state index in [0.29, 0.717) is 44.1 Å². The van der Waals surface area contributed by atoms with E-state index in [-0.39, 0.29) is 12.4 Å². The van der Waals surface area contributed by atoms with Crippen molar-refractivity contribution in [1.82, 2.24) is 5.32 Å². The van der Waals surface area contributed by atoms with E-state index in [1.807, 2.05) is 0 Å². The largest absolute Gasteiger partial charge is 0.478 e. The van der Waals surface area contributed by atoms with Gasteiger partial charge in [-0.3, -0.25) is 0 Å². The molecule has 0 radical (unpaired) electrons. The molecular weight excluding hydrogens is 354 g/mol. The number of ether oxygens (including phenoxy) is 3. The van der Waals surface area contributed by atoms with E-state index in [9.17, 15) is 9.59 Å². The van der Waals surface area contributed by atoms with Gasteiger partial charge in [0, 0.05) is 13.1 Å². The zero-order chi connectivity index (χ0) is 20.3. The Labute approximate surface area is 159 Å². The van der Waals surface area contributed by atoms with Crippen molar-refractivity contribution in [2.24, 2.45) is 0 Å². The zero-order valence-electron chi connectivity index (χ0n) is 16.0. The zero-order valence-corrected chi connectivity index (χ0v) is 16.0. The molecule has 1 aromatic rings. The molecule has 9 heteroatoms. The molecule has 1 amide bonds. The van der Waals surface area contributed by atoms with Gasteiger partial charge in [-0.05, 0) is 45.4 Å². The van der Waals surface area contributed by atoms with Crippen LogP contribution < -0.4 is 16.4 Å². The third kappa shape index (κ3) is 10.3. The summed E-state index contributed by atoms with van der Waals surface area (Å²) in [7, 11) is 0. The molecule has 0 unspecified atom stereocenters. The molecule has 0 aliphatic carbocycles. The van der Waals surface area contributed by atoms with Crippen LogP contribution in [0.3, 0.4) is 0 Å². The van der Waals surface area contributed by atoms with Crippen molar-refractivity contribution < 1.29 is 28.9 Å². The van der Waals surface area contributed by atoms with Gasteiger partial charge in [0.2, 0.25) is 0 Å². The average molecular weight is 383 g/mol. The predicted molar refractivity (Wildman–Crippen MR) is 102 cm³/mol. The van der Waals surface area contributed by atoms with E-state index in [0.717, 1.165) is 0 Å². The first-order chi connectivity index (χ1) is 12.7. The van der Waals surface area contributed by atoms with Crippen molar-refractivity contribution in [2.45, 2.75) is 32.8 Å². The number of rotatable bonds is 11. The van der Waals surface area contributed by atoms with Gasteiger partial charge in [0.15, 0.2) is 0 Å². The summed E-state index contributed by atoms with van der Waals surface area (Å²) in [6.45, 7) is 7.26. The quantitative estimate of drug-likeness (QED) is 0.260. The van der Waals surface area contributed by atoms with Crippen LogP contribution in [0.2, 0.25) is 0 Å². The third-order valence-electron chi connectivity index (χ3n) is 3.16. The monoisotopic (exact) mass is 383 g/mol. The van der Waals surface area contributed by atoms with Gasteiger partial charge in [-0.25, -0.2) is 9.59 Å². The molecule has 1 rings (SSSR count). The maximum Gasteiger partial charge on any atom is 0.407 e. The predicted octanol–water partition coefficient (Wildman–Crippen LogP) is 2.28. The molecule has 0 aromatic heterocycles. The third-order valence-corrected chi connectivity index (χ3v) is 3.16. The van der Waals surface area contributed by atoms with Gasteiger partial charge in [-0.15, -0.1) is 0 Å². The van der Waals surface area contributed by atoms with Gasteiger partial charge in [0.1, 0.15) is 12.4 Å². The fourth-order valence-corrected chi connectivity index (χ4v) is 1.96. The standard InChI is InChI=1S/C18H29N3O6/c1-18(2,3)27-17(24)21-7-4-9-25-12-26-10-8-20-15-11-13(16(22)23)5-6-14(15)19/h5-6,11,20H,4,7-10,12,19H2,1-3H3,(H,21,24)(H,22,23). The smallest absolute Gasteiger partial charge is 0.407 e. The van der Waals surface area contributed by atoms with Gasteiger partial charge in [0.25, 0.3) is 0 Å². The van der Waals surface area contributed by atoms with Crippen molar-refractivity contribution in [3.8, 4) is 0 Å². The highest BCUT2D eigenvalue weighted by Gasteiger charge is 2.15. The normalized spacial score (nSPS) is 11.1. The van der Waals surface area contributed by atoms with E-state index in [1.54, 1.807) is 26.8 Å². The first-order valence-corrected chi connectivity index (χ1v) is 8.68. The summed E-state index contributed by atoms with van der Waals surface area (Å²) >= 11 is 0. The first kappa shape index (κ1) is 22.5. The maximum absolute atomic E-state index is 11.4. The Morgan fingerprint density at radius 3 is 2.52 bits per heavy atom. The molecule has 0 atom stereocenters. The molecule has 1 aromatic carbocycles. The SMILES string of the molecule is CC(C)(C)OC(=O)NCCCOCOCCNc1cc(C(=O)O)ccc1N. The van der Waals surface area contributed by atoms with Crippen molar-refractivity contribution in [2.75, 3.05) is 44.1 Å². The number of nitrogen functional groups attached to an aromatic ring is 1. The lowest BCUT2D eigenvalue weighted by Gasteiger charge is -2.19. The lowest BCUT2D eigenvalue weighted by atomic mass is 10.2. The lowest BCUT2D eigenvalue weighted by Crippen LogP contribution is -2.33. The molecule has 0 fully saturated rings. The van der Waals surface area contributed by atoms with Crippen molar-refractivity contribution in [3.63, 3.8) is 0 Å². The molecule has 152 valence electrons. The number of nitrogens with one attached hydrogen (secondary N) is 2. The summed E-state index contributed by atoms with van der Waals surface area (Å²) < 4.78 is 15.7. The van der Waals surface area contributed by atoms with E-state index in [4.69, 9.17) is 25.1 Å². The number of alkyl carbamates (subject to hydrolysis) is 1. The Morgan fingerprint density at radius 2 is 1.85 bits per heavy atom. The van der Waals surface area contributed by atoms with E-state index in [1.165, 1.54) is 12.1 Å². The second-order valence-electron chi connectivity index (χ2n) is 6.75. The number of nitrogens with two attached hydrogens (primary N) is 1. The number of hydrogen-bond donors (Lipinski definition) is 4. The molecule has 0 saturated heterocycles. The van der Waals surface area contributed by atoms with Crippen LogP contribution in [0.5, 0.6) is 0 Å². The van der Waals surface area contributed by atoms with Crippen molar-refractivity contribution in [3.05, 3.63) is 23.8 Å². The van der Waals surface area contributed by atoms with Gasteiger partial charge in [0.05, 0.1) is 30.2 Å². The minimum atomic E-state index is -1.01. The number of benzene rings is 1. The first-order valence-electron chi connectivity index (χ1n) is 8.68. The van der Waals surface area contributed by atoms with Crippen LogP contribution in [0.15, 0.2) is 18.2 Å². The number of carboxylic acids is 1. The summed E-state index contributed by atoms with van der Waals surface area (Å²) in [5.41, 5.74) is 6.46. The van der Waals surface area contributed by atoms with Crippen LogP contribution in [-0.4, -0.2) is 55.9 Å². The number of carbonyl (C=O) groups excluding carboxylic acids is 1. The van der Waals surface area contributed by atoms with Crippen LogP contribution in [0.25, 0.3) is 0 Å². The van der Waals surface area contributed by atoms with Gasteiger partial charge in [-0.2, -0.15) is 0 Å². The minimum absolute atomic E-state index is 0.124. The second-order valence-corrected chi connectivity index (χ2v) is 6.75. The number of hydrogen-bond acceptors (Lipinski definition) is 7. The average Bonchev–Trinajstić information content (AvgIpc) is 2.56. The number of carboxylic acid groups (broad SMARTS) is 1. The summed E-state index contributed by atoms with van der Waals surface area (Å²) in [6.07, 6.45) is 0.190. The molecule has 0 aliphatic rings. The summed E-state index contributed by atoms with van der Waals surface area (Å²) in [6, 6.07) is 4.47. The highest BCUT2D eigenvalue weighted by atomic mass is 16.7. The van der Waals surface area contributed by atoms with E-state index >= 15 is 0 Å². The van der Waals surface area contributed by atoms with Gasteiger partial charge >= 0.3 is 12.1 Å². The van der Waals surface area contributed by atoms with E-state index < -0.39 is 17.7 Å². The second kappa shape index (κ2) is 11.2. The minimum Gasteiger partial charge on any atom is -0.478 e.